The van der Waals surface area contributed by atoms with Gasteiger partial charge in [-0.05, 0) is 45.2 Å². The molecule has 1 saturated carbocycles. The normalized spacial score (nSPS) is 14.1. The van der Waals surface area contributed by atoms with Crippen LogP contribution >= 0.6 is 0 Å². The van der Waals surface area contributed by atoms with Crippen molar-refractivity contribution in [2.24, 2.45) is 0 Å². The Labute approximate surface area is 168 Å². The molecular formula is C20H25N7O2. The van der Waals surface area contributed by atoms with Crippen molar-refractivity contribution >= 4 is 28.9 Å². The molecule has 152 valence electrons. The van der Waals surface area contributed by atoms with Gasteiger partial charge in [-0.2, -0.15) is 9.61 Å². The Morgan fingerprint density at radius 2 is 2.10 bits per heavy atom. The molecule has 3 heterocycles. The first-order valence-electron chi connectivity index (χ1n) is 9.83. The van der Waals surface area contributed by atoms with Gasteiger partial charge in [0, 0.05) is 31.4 Å². The summed E-state index contributed by atoms with van der Waals surface area (Å²) in [6, 6.07) is 5.55. The van der Waals surface area contributed by atoms with Gasteiger partial charge in [0.15, 0.2) is 5.65 Å². The number of carbonyl (C=O) groups is 1. The Morgan fingerprint density at radius 1 is 1.31 bits per heavy atom. The Kier molecular flexibility index (Phi) is 4.96. The molecule has 0 aliphatic heterocycles. The molecule has 29 heavy (non-hydrogen) atoms. The van der Waals surface area contributed by atoms with Gasteiger partial charge < -0.3 is 20.5 Å². The number of aromatic nitrogens is 4. The summed E-state index contributed by atoms with van der Waals surface area (Å²) in [4.78, 5) is 29.9. The van der Waals surface area contributed by atoms with Crippen molar-refractivity contribution in [1.29, 1.82) is 0 Å². The Hall–Kier alpha value is -3.36. The van der Waals surface area contributed by atoms with Crippen LogP contribution in [0.4, 0.5) is 17.3 Å². The highest BCUT2D eigenvalue weighted by Gasteiger charge is 2.23. The van der Waals surface area contributed by atoms with Crippen molar-refractivity contribution in [3.8, 4) is 0 Å². The number of nitrogens with zero attached hydrogens (tertiary/aromatic N) is 4. The third-order valence-corrected chi connectivity index (χ3v) is 5.21. The minimum Gasteiger partial charge on any atom is -0.373 e. The number of anilines is 3. The second-order valence-electron chi connectivity index (χ2n) is 7.52. The maximum atomic E-state index is 12.7. The van der Waals surface area contributed by atoms with E-state index < -0.39 is 0 Å². The van der Waals surface area contributed by atoms with Crippen molar-refractivity contribution in [1.82, 2.24) is 24.5 Å². The molecule has 1 aliphatic rings. The standard InChI is InChI=1S/C20H25N7O2/c1-12(2)26-9-5-8-15(20(26)29)24-16-10-17(21-3)27-18(25-16)14(11-22-27)19(28)23-13-6-4-7-13/h5,8-13,21H,4,6-7H2,1-3H3,(H,23,28)(H,24,25). The third-order valence-electron chi connectivity index (χ3n) is 5.21. The summed E-state index contributed by atoms with van der Waals surface area (Å²) in [5.41, 5.74) is 1.12. The van der Waals surface area contributed by atoms with Crippen molar-refractivity contribution in [2.75, 3.05) is 17.7 Å². The van der Waals surface area contributed by atoms with E-state index in [1.807, 2.05) is 19.9 Å². The number of fused-ring (bicyclic) bond motifs is 1. The van der Waals surface area contributed by atoms with Crippen molar-refractivity contribution < 1.29 is 4.79 Å². The number of amides is 1. The summed E-state index contributed by atoms with van der Waals surface area (Å²) < 4.78 is 3.23. The summed E-state index contributed by atoms with van der Waals surface area (Å²) in [6.45, 7) is 3.90. The molecular weight excluding hydrogens is 370 g/mol. The third kappa shape index (κ3) is 3.55. The van der Waals surface area contributed by atoms with Crippen LogP contribution in [0.15, 0.2) is 35.4 Å². The highest BCUT2D eigenvalue weighted by molar-refractivity contribution is 6.00. The molecule has 0 unspecified atom stereocenters. The zero-order valence-corrected chi connectivity index (χ0v) is 16.8. The molecule has 1 fully saturated rings. The van der Waals surface area contributed by atoms with Gasteiger partial charge in [0.1, 0.15) is 22.9 Å². The summed E-state index contributed by atoms with van der Waals surface area (Å²) in [5.74, 6) is 0.928. The fourth-order valence-electron chi connectivity index (χ4n) is 3.33. The average molecular weight is 395 g/mol. The van der Waals surface area contributed by atoms with Crippen LogP contribution in [0.2, 0.25) is 0 Å². The maximum absolute atomic E-state index is 12.7. The lowest BCUT2D eigenvalue weighted by Crippen LogP contribution is -2.39. The first-order valence-corrected chi connectivity index (χ1v) is 9.83. The lowest BCUT2D eigenvalue weighted by atomic mass is 9.93. The van der Waals surface area contributed by atoms with E-state index >= 15 is 0 Å². The second-order valence-corrected chi connectivity index (χ2v) is 7.52. The van der Waals surface area contributed by atoms with Crippen molar-refractivity contribution in [3.05, 3.63) is 46.5 Å². The molecule has 1 amide bonds. The fourth-order valence-corrected chi connectivity index (χ4v) is 3.33. The van der Waals surface area contributed by atoms with E-state index in [9.17, 15) is 9.59 Å². The zero-order valence-electron chi connectivity index (χ0n) is 16.8. The molecule has 3 aromatic rings. The Morgan fingerprint density at radius 3 is 2.76 bits per heavy atom. The van der Waals surface area contributed by atoms with Crippen LogP contribution in [-0.4, -0.2) is 38.2 Å². The topological polar surface area (TPSA) is 105 Å². The molecule has 9 nitrogen and oxygen atoms in total. The van der Waals surface area contributed by atoms with Gasteiger partial charge in [0.2, 0.25) is 0 Å². The van der Waals surface area contributed by atoms with Crippen LogP contribution in [0.1, 0.15) is 49.5 Å². The lowest BCUT2D eigenvalue weighted by molar-refractivity contribution is 0.0918. The summed E-state index contributed by atoms with van der Waals surface area (Å²) in [7, 11) is 1.77. The maximum Gasteiger partial charge on any atom is 0.274 e. The molecule has 0 aromatic carbocycles. The summed E-state index contributed by atoms with van der Waals surface area (Å²) in [5, 5.41) is 13.5. The van der Waals surface area contributed by atoms with Crippen LogP contribution in [0, 0.1) is 0 Å². The molecule has 0 saturated heterocycles. The van der Waals surface area contributed by atoms with E-state index in [2.05, 4.69) is 26.0 Å². The van der Waals surface area contributed by atoms with Gasteiger partial charge in [-0.3, -0.25) is 9.59 Å². The van der Waals surface area contributed by atoms with Gasteiger partial charge in [0.05, 0.1) is 6.20 Å². The predicted octanol–water partition coefficient (Wildman–Crippen LogP) is 2.54. The molecule has 0 bridgehead atoms. The van der Waals surface area contributed by atoms with Gasteiger partial charge in [0.25, 0.3) is 11.5 Å². The number of nitrogens with one attached hydrogen (secondary N) is 3. The molecule has 9 heteroatoms. The molecule has 3 N–H and O–H groups in total. The van der Waals surface area contributed by atoms with Crippen LogP contribution in [0.5, 0.6) is 0 Å². The highest BCUT2D eigenvalue weighted by Crippen LogP contribution is 2.22. The predicted molar refractivity (Wildman–Crippen MR) is 112 cm³/mol. The van der Waals surface area contributed by atoms with E-state index in [1.165, 1.54) is 6.20 Å². The molecule has 0 spiro atoms. The number of hydrogen-bond acceptors (Lipinski definition) is 6. The second kappa shape index (κ2) is 7.57. The highest BCUT2D eigenvalue weighted by atomic mass is 16.2. The zero-order chi connectivity index (χ0) is 20.5. The van der Waals surface area contributed by atoms with Gasteiger partial charge in [-0.15, -0.1) is 0 Å². The smallest absolute Gasteiger partial charge is 0.274 e. The van der Waals surface area contributed by atoms with E-state index in [0.717, 1.165) is 19.3 Å². The number of rotatable bonds is 6. The van der Waals surface area contributed by atoms with Gasteiger partial charge in [-0.1, -0.05) is 0 Å². The monoisotopic (exact) mass is 395 g/mol. The first kappa shape index (κ1) is 19.0. The molecule has 3 aromatic heterocycles. The summed E-state index contributed by atoms with van der Waals surface area (Å²) in [6.07, 6.45) is 6.43. The largest absolute Gasteiger partial charge is 0.373 e. The summed E-state index contributed by atoms with van der Waals surface area (Å²) >= 11 is 0. The minimum atomic E-state index is -0.182. The van der Waals surface area contributed by atoms with Crippen LogP contribution in [-0.2, 0) is 0 Å². The van der Waals surface area contributed by atoms with Crippen LogP contribution < -0.4 is 21.5 Å². The quantitative estimate of drug-likeness (QED) is 0.592. The lowest BCUT2D eigenvalue weighted by Gasteiger charge is -2.26. The van der Waals surface area contributed by atoms with Crippen molar-refractivity contribution in [3.63, 3.8) is 0 Å². The SMILES string of the molecule is CNc1cc(Nc2cccn(C(C)C)c2=O)nc2c(C(=O)NC3CCC3)cnn12. The number of carbonyl (C=O) groups excluding carboxylic acids is 1. The van der Waals surface area contributed by atoms with Crippen molar-refractivity contribution in [2.45, 2.75) is 45.2 Å². The van der Waals surface area contributed by atoms with E-state index in [0.29, 0.717) is 28.5 Å². The average Bonchev–Trinajstić information content (AvgIpc) is 3.09. The molecule has 0 atom stereocenters. The number of hydrogen-bond donors (Lipinski definition) is 3. The number of pyridine rings is 1. The van der Waals surface area contributed by atoms with E-state index in [4.69, 9.17) is 0 Å². The first-order chi connectivity index (χ1) is 14.0. The van der Waals surface area contributed by atoms with E-state index in [-0.39, 0.29) is 23.6 Å². The minimum absolute atomic E-state index is 0.0455. The molecule has 4 rings (SSSR count). The molecule has 0 radical (unpaired) electrons. The van der Waals surface area contributed by atoms with E-state index in [1.54, 1.807) is 34.5 Å². The van der Waals surface area contributed by atoms with Gasteiger partial charge in [-0.25, -0.2) is 4.98 Å². The van der Waals surface area contributed by atoms with Crippen LogP contribution in [0.25, 0.3) is 5.65 Å². The fraction of sp³-hybridized carbons (Fsp3) is 0.400. The Bertz CT molecular complexity index is 1110. The van der Waals surface area contributed by atoms with Gasteiger partial charge >= 0.3 is 0 Å². The van der Waals surface area contributed by atoms with Crippen LogP contribution in [0.3, 0.4) is 0 Å². The Balaban J connectivity index is 1.72. The molecule has 1 aliphatic carbocycles.